The highest BCUT2D eigenvalue weighted by Crippen LogP contribution is 2.24. The summed E-state index contributed by atoms with van der Waals surface area (Å²) in [5.74, 6) is 0.854. The topological polar surface area (TPSA) is 69.6 Å². The van der Waals surface area contributed by atoms with Gasteiger partial charge >= 0.3 is 0 Å². The molecule has 0 N–H and O–H groups in total. The zero-order valence-electron chi connectivity index (χ0n) is 17.2. The Morgan fingerprint density at radius 3 is 2.33 bits per heavy atom. The molecule has 0 radical (unpaired) electrons. The second kappa shape index (κ2) is 8.85. The molecular formula is C21H28FN5O2S. The number of halogens is 1. The first-order valence-corrected chi connectivity index (χ1v) is 12.1. The second-order valence-corrected chi connectivity index (χ2v) is 9.99. The number of nitrogens with zero attached hydrogens (tertiary/aromatic N) is 5. The van der Waals surface area contributed by atoms with Gasteiger partial charge in [0.05, 0.1) is 5.75 Å². The van der Waals surface area contributed by atoms with Gasteiger partial charge in [-0.25, -0.2) is 12.8 Å². The van der Waals surface area contributed by atoms with Crippen LogP contribution in [0, 0.1) is 5.82 Å². The number of benzene rings is 1. The minimum Gasteiger partial charge on any atom is -0.352 e. The number of piperazine rings is 1. The Labute approximate surface area is 177 Å². The molecule has 0 spiro atoms. The van der Waals surface area contributed by atoms with Crippen molar-refractivity contribution in [3.05, 3.63) is 47.8 Å². The van der Waals surface area contributed by atoms with E-state index in [9.17, 15) is 12.8 Å². The van der Waals surface area contributed by atoms with Crippen LogP contribution in [0.1, 0.15) is 31.7 Å². The summed E-state index contributed by atoms with van der Waals surface area (Å²) in [6.07, 6.45) is 3.61. The van der Waals surface area contributed by atoms with Crippen LogP contribution in [0.5, 0.6) is 0 Å². The standard InChI is InChI=1S/C21H28FN5O2S/c1-17-6-4-5-11-27(17)21-10-9-20(23-24-21)25-12-14-26(15-13-25)30(28,29)16-18-7-2-3-8-19(18)22/h2-3,7-10,17H,4-6,11-16H2,1H3. The third-order valence-corrected chi connectivity index (χ3v) is 7.81. The van der Waals surface area contributed by atoms with Gasteiger partial charge in [0.25, 0.3) is 0 Å². The maximum atomic E-state index is 13.9. The van der Waals surface area contributed by atoms with E-state index in [1.54, 1.807) is 12.1 Å². The molecule has 2 aliphatic rings. The molecule has 0 aliphatic carbocycles. The average molecular weight is 434 g/mol. The lowest BCUT2D eigenvalue weighted by Gasteiger charge is -2.35. The number of hydrogen-bond donors (Lipinski definition) is 0. The zero-order chi connectivity index (χ0) is 21.1. The van der Waals surface area contributed by atoms with E-state index in [4.69, 9.17) is 0 Å². The molecular weight excluding hydrogens is 405 g/mol. The molecule has 0 saturated carbocycles. The molecule has 7 nitrogen and oxygen atoms in total. The van der Waals surface area contributed by atoms with Crippen molar-refractivity contribution in [2.75, 3.05) is 42.5 Å². The van der Waals surface area contributed by atoms with E-state index in [1.807, 2.05) is 17.0 Å². The number of aromatic nitrogens is 2. The Morgan fingerprint density at radius 1 is 0.967 bits per heavy atom. The highest BCUT2D eigenvalue weighted by molar-refractivity contribution is 7.88. The van der Waals surface area contributed by atoms with Gasteiger partial charge in [0, 0.05) is 44.3 Å². The predicted molar refractivity (Wildman–Crippen MR) is 116 cm³/mol. The Balaban J connectivity index is 1.36. The Hall–Kier alpha value is -2.26. The Morgan fingerprint density at radius 2 is 1.67 bits per heavy atom. The van der Waals surface area contributed by atoms with Gasteiger partial charge in [0.1, 0.15) is 5.82 Å². The van der Waals surface area contributed by atoms with Crippen molar-refractivity contribution in [3.8, 4) is 0 Å². The normalized spacial score (nSPS) is 21.1. The van der Waals surface area contributed by atoms with Gasteiger partial charge in [-0.2, -0.15) is 4.31 Å². The van der Waals surface area contributed by atoms with E-state index < -0.39 is 15.8 Å². The van der Waals surface area contributed by atoms with Crippen LogP contribution in [0.3, 0.4) is 0 Å². The van der Waals surface area contributed by atoms with E-state index in [1.165, 1.54) is 35.7 Å². The summed E-state index contributed by atoms with van der Waals surface area (Å²) in [7, 11) is -3.57. The summed E-state index contributed by atoms with van der Waals surface area (Å²) >= 11 is 0. The molecule has 2 fully saturated rings. The van der Waals surface area contributed by atoms with Crippen molar-refractivity contribution >= 4 is 21.7 Å². The molecule has 9 heteroatoms. The van der Waals surface area contributed by atoms with Gasteiger partial charge in [-0.05, 0) is 44.4 Å². The van der Waals surface area contributed by atoms with E-state index >= 15 is 0 Å². The second-order valence-electron chi connectivity index (χ2n) is 8.02. The summed E-state index contributed by atoms with van der Waals surface area (Å²) in [4.78, 5) is 4.35. The summed E-state index contributed by atoms with van der Waals surface area (Å²) in [5.41, 5.74) is 0.202. The molecule has 1 aromatic heterocycles. The van der Waals surface area contributed by atoms with Crippen LogP contribution in [0.15, 0.2) is 36.4 Å². The van der Waals surface area contributed by atoms with Crippen molar-refractivity contribution in [1.29, 1.82) is 0 Å². The summed E-state index contributed by atoms with van der Waals surface area (Å²) in [6.45, 7) is 4.99. The molecule has 2 saturated heterocycles. The molecule has 30 heavy (non-hydrogen) atoms. The smallest absolute Gasteiger partial charge is 0.218 e. The first-order chi connectivity index (χ1) is 14.4. The fraction of sp³-hybridized carbons (Fsp3) is 0.524. The molecule has 3 heterocycles. The highest BCUT2D eigenvalue weighted by Gasteiger charge is 2.28. The summed E-state index contributed by atoms with van der Waals surface area (Å²) in [6, 6.07) is 10.5. The van der Waals surface area contributed by atoms with Crippen LogP contribution in [-0.4, -0.2) is 61.7 Å². The third kappa shape index (κ3) is 4.57. The van der Waals surface area contributed by atoms with Gasteiger partial charge in [0.15, 0.2) is 11.6 Å². The zero-order valence-corrected chi connectivity index (χ0v) is 18.1. The number of hydrogen-bond acceptors (Lipinski definition) is 6. The molecule has 1 unspecified atom stereocenters. The first-order valence-electron chi connectivity index (χ1n) is 10.5. The molecule has 0 amide bonds. The molecule has 1 atom stereocenters. The van der Waals surface area contributed by atoms with Gasteiger partial charge in [-0.1, -0.05) is 18.2 Å². The minimum absolute atomic E-state index is 0.202. The van der Waals surface area contributed by atoms with E-state index in [0.717, 1.165) is 18.2 Å². The molecule has 0 bridgehead atoms. The largest absolute Gasteiger partial charge is 0.352 e. The predicted octanol–water partition coefficient (Wildman–Crippen LogP) is 2.65. The molecule has 4 rings (SSSR count). The maximum Gasteiger partial charge on any atom is 0.218 e. The van der Waals surface area contributed by atoms with Crippen molar-refractivity contribution in [1.82, 2.24) is 14.5 Å². The number of sulfonamides is 1. The van der Waals surface area contributed by atoms with Crippen LogP contribution in [-0.2, 0) is 15.8 Å². The van der Waals surface area contributed by atoms with Gasteiger partial charge < -0.3 is 9.80 Å². The van der Waals surface area contributed by atoms with Crippen molar-refractivity contribution in [2.45, 2.75) is 38.0 Å². The number of anilines is 2. The number of piperidine rings is 1. The first kappa shape index (κ1) is 21.0. The highest BCUT2D eigenvalue weighted by atomic mass is 32.2. The van der Waals surface area contributed by atoms with Crippen LogP contribution >= 0.6 is 0 Å². The van der Waals surface area contributed by atoms with Crippen molar-refractivity contribution in [3.63, 3.8) is 0 Å². The lowest BCUT2D eigenvalue weighted by molar-refractivity contribution is 0.382. The fourth-order valence-corrected chi connectivity index (χ4v) is 5.71. The molecule has 2 aliphatic heterocycles. The van der Waals surface area contributed by atoms with E-state index in [2.05, 4.69) is 22.0 Å². The lowest BCUT2D eigenvalue weighted by Crippen LogP contribution is -2.49. The molecule has 2 aromatic rings. The van der Waals surface area contributed by atoms with Crippen LogP contribution in [0.4, 0.5) is 16.0 Å². The minimum atomic E-state index is -3.57. The maximum absolute atomic E-state index is 13.9. The van der Waals surface area contributed by atoms with Gasteiger partial charge in [-0.3, -0.25) is 0 Å². The van der Waals surface area contributed by atoms with Gasteiger partial charge in [-0.15, -0.1) is 10.2 Å². The SMILES string of the molecule is CC1CCCCN1c1ccc(N2CCN(S(=O)(=O)Cc3ccccc3F)CC2)nn1. The quantitative estimate of drug-likeness (QED) is 0.722. The lowest BCUT2D eigenvalue weighted by atomic mass is 10.0. The van der Waals surface area contributed by atoms with Crippen LogP contribution in [0.2, 0.25) is 0 Å². The van der Waals surface area contributed by atoms with Crippen LogP contribution in [0.25, 0.3) is 0 Å². The third-order valence-electron chi connectivity index (χ3n) is 5.99. The Bertz CT molecular complexity index is 962. The van der Waals surface area contributed by atoms with Gasteiger partial charge in [0.2, 0.25) is 10.0 Å². The average Bonchev–Trinajstić information content (AvgIpc) is 2.76. The van der Waals surface area contributed by atoms with Crippen molar-refractivity contribution in [2.24, 2.45) is 0 Å². The monoisotopic (exact) mass is 433 g/mol. The summed E-state index contributed by atoms with van der Waals surface area (Å²) in [5, 5.41) is 8.82. The molecule has 1 aromatic carbocycles. The van der Waals surface area contributed by atoms with E-state index in [-0.39, 0.29) is 11.3 Å². The Kier molecular flexibility index (Phi) is 6.19. The van der Waals surface area contributed by atoms with Crippen molar-refractivity contribution < 1.29 is 12.8 Å². The fourth-order valence-electron chi connectivity index (χ4n) is 4.18. The number of rotatable bonds is 5. The summed E-state index contributed by atoms with van der Waals surface area (Å²) < 4.78 is 40.7. The van der Waals surface area contributed by atoms with Crippen LogP contribution < -0.4 is 9.80 Å². The van der Waals surface area contributed by atoms with E-state index in [0.29, 0.717) is 32.2 Å². The molecule has 162 valence electrons.